The fourth-order valence-corrected chi connectivity index (χ4v) is 1.71. The van der Waals surface area contributed by atoms with Gasteiger partial charge in [0.25, 0.3) is 5.69 Å². The lowest BCUT2D eigenvalue weighted by atomic mass is 10.2. The van der Waals surface area contributed by atoms with E-state index in [-0.39, 0.29) is 18.2 Å². The molecule has 0 radical (unpaired) electrons. The van der Waals surface area contributed by atoms with Crippen LogP contribution < -0.4 is 5.32 Å². The molecule has 1 unspecified atom stereocenters. The highest BCUT2D eigenvalue weighted by Gasteiger charge is 2.16. The molecular formula is C10H11BrN2O4. The molecule has 0 heterocycles. The predicted octanol–water partition coefficient (Wildman–Crippen LogP) is 2.63. The second-order valence-electron chi connectivity index (χ2n) is 3.56. The number of nitro benzene ring substituents is 1. The number of carboxylic acids is 1. The van der Waals surface area contributed by atoms with Crippen LogP contribution >= 0.6 is 15.9 Å². The number of anilines is 1. The van der Waals surface area contributed by atoms with Gasteiger partial charge in [-0.05, 0) is 19.1 Å². The number of carboxylic acid groups (broad SMARTS) is 1. The topological polar surface area (TPSA) is 92.5 Å². The Balaban J connectivity index is 2.90. The third-order valence-electron chi connectivity index (χ3n) is 2.04. The molecule has 1 rings (SSSR count). The quantitative estimate of drug-likeness (QED) is 0.644. The summed E-state index contributed by atoms with van der Waals surface area (Å²) >= 11 is 3.14. The van der Waals surface area contributed by atoms with Gasteiger partial charge < -0.3 is 10.4 Å². The maximum absolute atomic E-state index is 10.8. The van der Waals surface area contributed by atoms with Gasteiger partial charge >= 0.3 is 5.97 Å². The number of benzene rings is 1. The zero-order valence-corrected chi connectivity index (χ0v) is 10.6. The van der Waals surface area contributed by atoms with Gasteiger partial charge in [-0.3, -0.25) is 14.9 Å². The number of rotatable bonds is 5. The minimum absolute atomic E-state index is 0.0865. The zero-order valence-electron chi connectivity index (χ0n) is 9.01. The Labute approximate surface area is 106 Å². The summed E-state index contributed by atoms with van der Waals surface area (Å²) in [6, 6.07) is 4.19. The van der Waals surface area contributed by atoms with Gasteiger partial charge in [-0.2, -0.15) is 0 Å². The van der Waals surface area contributed by atoms with Crippen molar-refractivity contribution in [2.24, 2.45) is 0 Å². The summed E-state index contributed by atoms with van der Waals surface area (Å²) < 4.78 is 0.598. The van der Waals surface area contributed by atoms with Gasteiger partial charge in [-0.25, -0.2) is 0 Å². The van der Waals surface area contributed by atoms with E-state index in [2.05, 4.69) is 21.2 Å². The molecule has 0 aliphatic rings. The summed E-state index contributed by atoms with van der Waals surface area (Å²) in [5.74, 6) is -0.954. The van der Waals surface area contributed by atoms with Crippen LogP contribution in [0.3, 0.4) is 0 Å². The lowest BCUT2D eigenvalue weighted by Crippen LogP contribution is -2.19. The van der Waals surface area contributed by atoms with Gasteiger partial charge in [0.15, 0.2) is 0 Å². The van der Waals surface area contributed by atoms with Crippen molar-refractivity contribution in [2.45, 2.75) is 19.4 Å². The van der Waals surface area contributed by atoms with Crippen LogP contribution in [0.15, 0.2) is 22.7 Å². The van der Waals surface area contributed by atoms with Gasteiger partial charge in [0.2, 0.25) is 0 Å². The third-order valence-corrected chi connectivity index (χ3v) is 2.53. The maximum atomic E-state index is 10.8. The zero-order chi connectivity index (χ0) is 13.0. The van der Waals surface area contributed by atoms with E-state index in [0.29, 0.717) is 10.2 Å². The lowest BCUT2D eigenvalue weighted by molar-refractivity contribution is -0.384. The third kappa shape index (κ3) is 4.03. The highest BCUT2D eigenvalue weighted by Crippen LogP contribution is 2.28. The van der Waals surface area contributed by atoms with Crippen molar-refractivity contribution >= 4 is 33.3 Å². The number of halogens is 1. The standard InChI is InChI=1S/C10H11BrN2O4/c1-6(4-10(14)15)12-8-3-2-7(11)5-9(8)13(16)17/h2-3,5-6,12H,4H2,1H3,(H,14,15). The molecule has 0 aromatic heterocycles. The summed E-state index contributed by atoms with van der Waals surface area (Å²) in [4.78, 5) is 20.8. The number of nitro groups is 1. The molecule has 0 fully saturated rings. The fraction of sp³-hybridized carbons (Fsp3) is 0.300. The van der Waals surface area contributed by atoms with E-state index in [0.717, 1.165) is 0 Å². The van der Waals surface area contributed by atoms with E-state index in [1.54, 1.807) is 19.1 Å². The first-order valence-electron chi connectivity index (χ1n) is 4.82. The molecule has 0 saturated carbocycles. The van der Waals surface area contributed by atoms with Crippen molar-refractivity contribution in [2.75, 3.05) is 5.32 Å². The van der Waals surface area contributed by atoms with Crippen LogP contribution in [0.5, 0.6) is 0 Å². The minimum Gasteiger partial charge on any atom is -0.481 e. The van der Waals surface area contributed by atoms with Crippen LogP contribution in [-0.2, 0) is 4.79 Å². The first-order valence-corrected chi connectivity index (χ1v) is 5.61. The minimum atomic E-state index is -0.954. The van der Waals surface area contributed by atoms with Crippen LogP contribution in [0.2, 0.25) is 0 Å². The first-order chi connectivity index (χ1) is 7.90. The van der Waals surface area contributed by atoms with Crippen LogP contribution in [0.4, 0.5) is 11.4 Å². The average molecular weight is 303 g/mol. The SMILES string of the molecule is CC(CC(=O)O)Nc1ccc(Br)cc1[N+](=O)[O-]. The van der Waals surface area contributed by atoms with Gasteiger partial charge in [-0.15, -0.1) is 0 Å². The molecule has 1 aromatic carbocycles. The van der Waals surface area contributed by atoms with Crippen LogP contribution in [0.25, 0.3) is 0 Å². The summed E-state index contributed by atoms with van der Waals surface area (Å²) in [5.41, 5.74) is 0.226. The molecular weight excluding hydrogens is 292 g/mol. The molecule has 0 aliphatic heterocycles. The molecule has 0 aliphatic carbocycles. The Morgan fingerprint density at radius 1 is 1.65 bits per heavy atom. The maximum Gasteiger partial charge on any atom is 0.305 e. The van der Waals surface area contributed by atoms with E-state index < -0.39 is 10.9 Å². The Kier molecular flexibility index (Phi) is 4.45. The molecule has 0 saturated heterocycles. The number of hydrogen-bond donors (Lipinski definition) is 2. The Morgan fingerprint density at radius 2 is 2.29 bits per heavy atom. The number of aliphatic carboxylic acids is 1. The lowest BCUT2D eigenvalue weighted by Gasteiger charge is -2.13. The van der Waals surface area contributed by atoms with E-state index in [1.165, 1.54) is 6.07 Å². The monoisotopic (exact) mass is 302 g/mol. The van der Waals surface area contributed by atoms with Gasteiger partial charge in [0, 0.05) is 16.6 Å². The van der Waals surface area contributed by atoms with E-state index in [1.807, 2.05) is 0 Å². The summed E-state index contributed by atoms with van der Waals surface area (Å²) in [6.45, 7) is 1.65. The van der Waals surface area contributed by atoms with E-state index in [9.17, 15) is 14.9 Å². The smallest absolute Gasteiger partial charge is 0.305 e. The van der Waals surface area contributed by atoms with Crippen molar-refractivity contribution in [1.82, 2.24) is 0 Å². The fourth-order valence-electron chi connectivity index (χ4n) is 1.36. The van der Waals surface area contributed by atoms with Gasteiger partial charge in [0.05, 0.1) is 11.3 Å². The molecule has 17 heavy (non-hydrogen) atoms. The largest absolute Gasteiger partial charge is 0.481 e. The molecule has 1 aromatic rings. The molecule has 1 atom stereocenters. The van der Waals surface area contributed by atoms with Crippen molar-refractivity contribution in [3.05, 3.63) is 32.8 Å². The second-order valence-corrected chi connectivity index (χ2v) is 4.48. The Hall–Kier alpha value is -1.63. The summed E-state index contributed by atoms with van der Waals surface area (Å²) in [6.07, 6.45) is -0.104. The first kappa shape index (κ1) is 13.4. The molecule has 6 nitrogen and oxygen atoms in total. The average Bonchev–Trinajstić information content (AvgIpc) is 2.19. The van der Waals surface area contributed by atoms with Crippen molar-refractivity contribution < 1.29 is 14.8 Å². The number of carbonyl (C=O) groups is 1. The number of nitrogens with one attached hydrogen (secondary N) is 1. The van der Waals surface area contributed by atoms with Crippen LogP contribution in [0.1, 0.15) is 13.3 Å². The Morgan fingerprint density at radius 3 is 2.82 bits per heavy atom. The van der Waals surface area contributed by atoms with E-state index >= 15 is 0 Å². The molecule has 7 heteroatoms. The molecule has 0 amide bonds. The number of hydrogen-bond acceptors (Lipinski definition) is 4. The van der Waals surface area contributed by atoms with Crippen molar-refractivity contribution in [3.63, 3.8) is 0 Å². The Bertz CT molecular complexity index is 450. The normalized spacial score (nSPS) is 11.9. The highest BCUT2D eigenvalue weighted by atomic mass is 79.9. The molecule has 0 spiro atoms. The second kappa shape index (κ2) is 5.62. The van der Waals surface area contributed by atoms with Crippen molar-refractivity contribution in [3.8, 4) is 0 Å². The van der Waals surface area contributed by atoms with Crippen LogP contribution in [-0.4, -0.2) is 22.0 Å². The van der Waals surface area contributed by atoms with Crippen LogP contribution in [0, 0.1) is 10.1 Å². The van der Waals surface area contributed by atoms with Crippen molar-refractivity contribution in [1.29, 1.82) is 0 Å². The van der Waals surface area contributed by atoms with E-state index in [4.69, 9.17) is 5.11 Å². The highest BCUT2D eigenvalue weighted by molar-refractivity contribution is 9.10. The molecule has 92 valence electrons. The van der Waals surface area contributed by atoms with Gasteiger partial charge in [-0.1, -0.05) is 15.9 Å². The molecule has 0 bridgehead atoms. The summed E-state index contributed by atoms with van der Waals surface area (Å²) in [7, 11) is 0. The molecule has 2 N–H and O–H groups in total. The van der Waals surface area contributed by atoms with Gasteiger partial charge in [0.1, 0.15) is 5.69 Å². The number of nitrogens with zero attached hydrogens (tertiary/aromatic N) is 1. The predicted molar refractivity (Wildman–Crippen MR) is 66.1 cm³/mol. The summed E-state index contributed by atoms with van der Waals surface area (Å²) in [5, 5.41) is 22.2.